The van der Waals surface area contributed by atoms with Crippen LogP contribution >= 0.6 is 11.3 Å². The maximum Gasteiger partial charge on any atom is 0.267 e. The molecular formula is C24H19N5O3S. The average molecular weight is 458 g/mol. The molecule has 8 nitrogen and oxygen atoms in total. The van der Waals surface area contributed by atoms with Crippen molar-refractivity contribution in [2.45, 2.75) is 6.92 Å². The van der Waals surface area contributed by atoms with Gasteiger partial charge in [0.15, 0.2) is 11.5 Å². The number of carbonyl (C=O) groups excluding carboxylic acids is 1. The quantitative estimate of drug-likeness (QED) is 0.416. The second kappa shape index (κ2) is 8.00. The molecule has 164 valence electrons. The lowest BCUT2D eigenvalue weighted by atomic mass is 9.96. The van der Waals surface area contributed by atoms with Crippen molar-refractivity contribution in [3.63, 3.8) is 0 Å². The summed E-state index contributed by atoms with van der Waals surface area (Å²) in [6.45, 7) is 2.91. The number of fused-ring (bicyclic) bond motifs is 2. The third-order valence-electron chi connectivity index (χ3n) is 5.36. The maximum absolute atomic E-state index is 13.1. The lowest BCUT2D eigenvalue weighted by Gasteiger charge is -2.18. The number of carbonyl (C=O) groups is 1. The largest absolute Gasteiger partial charge is 0.486 e. The number of thiophene rings is 1. The molecule has 5 rings (SSSR count). The number of nitrogens with one attached hydrogen (secondary N) is 1. The highest BCUT2D eigenvalue weighted by Gasteiger charge is 2.24. The van der Waals surface area contributed by atoms with Gasteiger partial charge in [-0.15, -0.1) is 11.3 Å². The minimum atomic E-state index is -0.390. The lowest BCUT2D eigenvalue weighted by Crippen LogP contribution is -2.16. The van der Waals surface area contributed by atoms with Gasteiger partial charge in [-0.25, -0.2) is 4.98 Å². The molecule has 2 aromatic heterocycles. The Kier molecular flexibility index (Phi) is 4.99. The molecule has 0 aliphatic carbocycles. The molecule has 5 N–H and O–H groups in total. The van der Waals surface area contributed by atoms with Crippen LogP contribution in [-0.2, 0) is 0 Å². The van der Waals surface area contributed by atoms with Crippen molar-refractivity contribution < 1.29 is 14.3 Å². The first-order valence-corrected chi connectivity index (χ1v) is 11.0. The predicted molar refractivity (Wildman–Crippen MR) is 129 cm³/mol. The molecule has 0 atom stereocenters. The second-order valence-corrected chi connectivity index (χ2v) is 8.56. The third-order valence-corrected chi connectivity index (χ3v) is 6.46. The summed E-state index contributed by atoms with van der Waals surface area (Å²) in [4.78, 5) is 18.3. The number of amides is 1. The SMILES string of the molecule is Cc1ccc(-c2c(C#N)c(N)nc3sc(C(=O)Nc4ccc5c(c4)OCCO5)c(N)c23)cc1. The van der Waals surface area contributed by atoms with Crippen LogP contribution in [0.5, 0.6) is 11.5 Å². The number of hydrogen-bond donors (Lipinski definition) is 3. The van der Waals surface area contributed by atoms with Gasteiger partial charge in [0.1, 0.15) is 40.4 Å². The molecule has 0 bridgehead atoms. The fourth-order valence-electron chi connectivity index (χ4n) is 3.77. The van der Waals surface area contributed by atoms with E-state index in [9.17, 15) is 10.1 Å². The summed E-state index contributed by atoms with van der Waals surface area (Å²) in [5.41, 5.74) is 16.0. The molecule has 4 aromatic rings. The van der Waals surface area contributed by atoms with Crippen molar-refractivity contribution in [3.8, 4) is 28.7 Å². The van der Waals surface area contributed by atoms with Crippen LogP contribution in [0.3, 0.4) is 0 Å². The number of ether oxygens (including phenoxy) is 2. The summed E-state index contributed by atoms with van der Waals surface area (Å²) >= 11 is 1.13. The van der Waals surface area contributed by atoms with E-state index in [0.717, 1.165) is 22.5 Å². The zero-order chi connectivity index (χ0) is 23.1. The van der Waals surface area contributed by atoms with Crippen LogP contribution in [0.1, 0.15) is 20.8 Å². The Morgan fingerprint density at radius 1 is 1.12 bits per heavy atom. The molecule has 3 heterocycles. The van der Waals surface area contributed by atoms with Crippen molar-refractivity contribution in [2.75, 3.05) is 30.0 Å². The normalized spacial score (nSPS) is 12.4. The molecule has 33 heavy (non-hydrogen) atoms. The Bertz CT molecular complexity index is 1450. The van der Waals surface area contributed by atoms with Crippen LogP contribution in [0.25, 0.3) is 21.3 Å². The smallest absolute Gasteiger partial charge is 0.267 e. The summed E-state index contributed by atoms with van der Waals surface area (Å²) in [5, 5.41) is 13.2. The van der Waals surface area contributed by atoms with Gasteiger partial charge >= 0.3 is 0 Å². The van der Waals surface area contributed by atoms with Crippen LogP contribution in [0.4, 0.5) is 17.2 Å². The van der Waals surface area contributed by atoms with Crippen LogP contribution in [-0.4, -0.2) is 24.1 Å². The third kappa shape index (κ3) is 3.56. The van der Waals surface area contributed by atoms with Gasteiger partial charge in [-0.2, -0.15) is 5.26 Å². The first-order valence-electron chi connectivity index (χ1n) is 10.2. The summed E-state index contributed by atoms with van der Waals surface area (Å²) in [6, 6.07) is 15.0. The van der Waals surface area contributed by atoms with Gasteiger partial charge in [0, 0.05) is 22.7 Å². The molecule has 0 saturated carbocycles. The molecule has 0 radical (unpaired) electrons. The van der Waals surface area contributed by atoms with Gasteiger partial charge in [-0.05, 0) is 24.6 Å². The Labute approximate surface area is 193 Å². The zero-order valence-electron chi connectivity index (χ0n) is 17.6. The number of nitrogens with two attached hydrogens (primary N) is 2. The van der Waals surface area contributed by atoms with Crippen molar-refractivity contribution in [1.29, 1.82) is 5.26 Å². The van der Waals surface area contributed by atoms with E-state index >= 15 is 0 Å². The van der Waals surface area contributed by atoms with Gasteiger partial charge in [0.25, 0.3) is 5.91 Å². The monoisotopic (exact) mass is 457 g/mol. The van der Waals surface area contributed by atoms with Crippen molar-refractivity contribution in [2.24, 2.45) is 0 Å². The van der Waals surface area contributed by atoms with E-state index in [1.807, 2.05) is 31.2 Å². The van der Waals surface area contributed by atoms with Crippen molar-refractivity contribution in [1.82, 2.24) is 4.98 Å². The standard InChI is InChI=1S/C24H19N5O3S/c1-12-2-4-13(5-3-12)18-15(11-25)22(27)29-24-19(18)20(26)21(33-24)23(30)28-14-6-7-16-17(10-14)32-9-8-31-16/h2-7,10H,8-9,26H2,1H3,(H2,27,29)(H,28,30). The number of rotatable bonds is 3. The maximum atomic E-state index is 13.1. The number of anilines is 3. The molecule has 2 aromatic carbocycles. The Balaban J connectivity index is 1.59. The highest BCUT2D eigenvalue weighted by molar-refractivity contribution is 7.21. The Morgan fingerprint density at radius 3 is 2.58 bits per heavy atom. The molecule has 1 aliphatic heterocycles. The van der Waals surface area contributed by atoms with E-state index in [1.54, 1.807) is 18.2 Å². The predicted octanol–water partition coefficient (Wildman–Crippen LogP) is 4.33. The van der Waals surface area contributed by atoms with E-state index in [0.29, 0.717) is 46.2 Å². The average Bonchev–Trinajstić information content (AvgIpc) is 3.14. The van der Waals surface area contributed by atoms with E-state index in [4.69, 9.17) is 20.9 Å². The van der Waals surface area contributed by atoms with Gasteiger partial charge < -0.3 is 26.3 Å². The Hall–Kier alpha value is -4.29. The first-order chi connectivity index (χ1) is 16.0. The number of aryl methyl sites for hydroxylation is 1. The molecule has 1 amide bonds. The molecular weight excluding hydrogens is 438 g/mol. The van der Waals surface area contributed by atoms with E-state index in [1.165, 1.54) is 0 Å². The molecule has 0 saturated heterocycles. The van der Waals surface area contributed by atoms with Crippen LogP contribution in [0.15, 0.2) is 42.5 Å². The number of nitriles is 1. The van der Waals surface area contributed by atoms with Gasteiger partial charge in [0.05, 0.1) is 5.69 Å². The summed E-state index contributed by atoms with van der Waals surface area (Å²) in [5.74, 6) is 0.907. The molecule has 1 aliphatic rings. The fraction of sp³-hybridized carbons (Fsp3) is 0.125. The number of nitrogen functional groups attached to an aromatic ring is 2. The lowest BCUT2D eigenvalue weighted by molar-refractivity contribution is 0.103. The number of pyridine rings is 1. The first kappa shape index (κ1) is 20.6. The van der Waals surface area contributed by atoms with E-state index in [2.05, 4.69) is 16.4 Å². The fourth-order valence-corrected chi connectivity index (χ4v) is 4.78. The minimum absolute atomic E-state index is 0.0978. The molecule has 0 fully saturated rings. The van der Waals surface area contributed by atoms with Crippen molar-refractivity contribution in [3.05, 3.63) is 58.5 Å². The van der Waals surface area contributed by atoms with Gasteiger partial charge in [-0.3, -0.25) is 4.79 Å². The Morgan fingerprint density at radius 2 is 1.85 bits per heavy atom. The van der Waals surface area contributed by atoms with Gasteiger partial charge in [0.2, 0.25) is 0 Å². The minimum Gasteiger partial charge on any atom is -0.486 e. The highest BCUT2D eigenvalue weighted by atomic mass is 32.1. The number of hydrogen-bond acceptors (Lipinski definition) is 8. The second-order valence-electron chi connectivity index (χ2n) is 7.56. The van der Waals surface area contributed by atoms with E-state index < -0.39 is 0 Å². The highest BCUT2D eigenvalue weighted by Crippen LogP contribution is 2.43. The van der Waals surface area contributed by atoms with Crippen LogP contribution < -0.4 is 26.3 Å². The molecule has 0 spiro atoms. The number of nitrogens with zero attached hydrogens (tertiary/aromatic N) is 2. The van der Waals surface area contributed by atoms with Crippen LogP contribution in [0.2, 0.25) is 0 Å². The number of benzene rings is 2. The van der Waals surface area contributed by atoms with Crippen LogP contribution in [0, 0.1) is 18.3 Å². The van der Waals surface area contributed by atoms with Gasteiger partial charge in [-0.1, -0.05) is 29.8 Å². The zero-order valence-corrected chi connectivity index (χ0v) is 18.5. The van der Waals surface area contributed by atoms with E-state index in [-0.39, 0.29) is 27.9 Å². The summed E-state index contributed by atoms with van der Waals surface area (Å²) in [6.07, 6.45) is 0. The molecule has 9 heteroatoms. The topological polar surface area (TPSA) is 136 Å². The molecule has 0 unspecified atom stereocenters. The van der Waals surface area contributed by atoms with Crippen molar-refractivity contribution >= 4 is 44.7 Å². The summed E-state index contributed by atoms with van der Waals surface area (Å²) < 4.78 is 11.1. The number of aromatic nitrogens is 1. The summed E-state index contributed by atoms with van der Waals surface area (Å²) in [7, 11) is 0.